The smallest absolute Gasteiger partial charge is 0.417 e. The molecule has 1 fully saturated rings. The SMILES string of the molecule is COc1ccc([C@H](Cc2ccc(OC)cc2Br)C(=O)N2C(=O)OC[C@@H]2Cc2ccccc2)cc1. The summed E-state index contributed by atoms with van der Waals surface area (Å²) < 4.78 is 16.7. The van der Waals surface area contributed by atoms with E-state index in [1.165, 1.54) is 4.90 Å². The molecule has 1 saturated heterocycles. The average molecular weight is 524 g/mol. The van der Waals surface area contributed by atoms with Gasteiger partial charge in [-0.1, -0.05) is 64.5 Å². The van der Waals surface area contributed by atoms with Crippen LogP contribution in [0.15, 0.2) is 77.3 Å². The van der Waals surface area contributed by atoms with Gasteiger partial charge in [0.25, 0.3) is 0 Å². The van der Waals surface area contributed by atoms with Gasteiger partial charge in [0, 0.05) is 4.47 Å². The Bertz CT molecular complexity index is 1150. The lowest BCUT2D eigenvalue weighted by Gasteiger charge is -2.26. The zero-order valence-electron chi connectivity index (χ0n) is 19.1. The van der Waals surface area contributed by atoms with E-state index in [-0.39, 0.29) is 18.6 Å². The number of halogens is 1. The topological polar surface area (TPSA) is 65.1 Å². The quantitative estimate of drug-likeness (QED) is 0.396. The molecule has 7 heteroatoms. The van der Waals surface area contributed by atoms with E-state index in [1.807, 2.05) is 72.8 Å². The monoisotopic (exact) mass is 523 g/mol. The number of hydrogen-bond acceptors (Lipinski definition) is 5. The Hall–Kier alpha value is -3.32. The van der Waals surface area contributed by atoms with Gasteiger partial charge in [0.2, 0.25) is 5.91 Å². The van der Waals surface area contributed by atoms with Crippen molar-refractivity contribution in [2.75, 3.05) is 20.8 Å². The van der Waals surface area contributed by atoms with Crippen LogP contribution in [0.3, 0.4) is 0 Å². The number of cyclic esters (lactones) is 1. The molecule has 0 bridgehead atoms. The number of hydrogen-bond donors (Lipinski definition) is 0. The highest BCUT2D eigenvalue weighted by molar-refractivity contribution is 9.10. The summed E-state index contributed by atoms with van der Waals surface area (Å²) in [5, 5.41) is 0. The molecule has 1 heterocycles. The molecule has 1 aliphatic rings. The minimum absolute atomic E-state index is 0.182. The van der Waals surface area contributed by atoms with Crippen LogP contribution in [0, 0.1) is 0 Å². The molecule has 0 aliphatic carbocycles. The molecule has 3 aromatic carbocycles. The number of imide groups is 1. The van der Waals surface area contributed by atoms with E-state index in [4.69, 9.17) is 14.2 Å². The number of benzene rings is 3. The predicted molar refractivity (Wildman–Crippen MR) is 132 cm³/mol. The maximum atomic E-state index is 13.9. The van der Waals surface area contributed by atoms with E-state index in [9.17, 15) is 9.59 Å². The van der Waals surface area contributed by atoms with Gasteiger partial charge in [-0.05, 0) is 53.8 Å². The summed E-state index contributed by atoms with van der Waals surface area (Å²) in [6.07, 6.45) is 0.343. The lowest BCUT2D eigenvalue weighted by atomic mass is 9.90. The number of methoxy groups -OCH3 is 2. The van der Waals surface area contributed by atoms with Gasteiger partial charge in [0.15, 0.2) is 0 Å². The number of rotatable bonds is 8. The Labute approximate surface area is 207 Å². The van der Waals surface area contributed by atoms with E-state index < -0.39 is 12.0 Å². The summed E-state index contributed by atoms with van der Waals surface area (Å²) >= 11 is 3.60. The third kappa shape index (κ3) is 5.25. The fourth-order valence-corrected chi connectivity index (χ4v) is 4.68. The summed E-state index contributed by atoms with van der Waals surface area (Å²) in [5.74, 6) is 0.549. The van der Waals surface area contributed by atoms with Crippen molar-refractivity contribution in [3.05, 3.63) is 94.0 Å². The van der Waals surface area contributed by atoms with Crippen LogP contribution in [0.5, 0.6) is 11.5 Å². The van der Waals surface area contributed by atoms with Crippen LogP contribution < -0.4 is 9.47 Å². The van der Waals surface area contributed by atoms with Crippen molar-refractivity contribution in [3.8, 4) is 11.5 Å². The minimum atomic E-state index is -0.599. The summed E-state index contributed by atoms with van der Waals surface area (Å²) in [4.78, 5) is 27.9. The zero-order valence-corrected chi connectivity index (χ0v) is 20.7. The van der Waals surface area contributed by atoms with Gasteiger partial charge in [-0.25, -0.2) is 9.69 Å². The molecular weight excluding hydrogens is 498 g/mol. The molecule has 0 unspecified atom stereocenters. The van der Waals surface area contributed by atoms with E-state index in [2.05, 4.69) is 15.9 Å². The average Bonchev–Trinajstić information content (AvgIpc) is 3.23. The van der Waals surface area contributed by atoms with Crippen LogP contribution in [-0.4, -0.2) is 43.8 Å². The summed E-state index contributed by atoms with van der Waals surface area (Å²) in [6, 6.07) is 22.5. The standard InChI is InChI=1S/C27H26BrNO5/c1-32-22-11-8-19(9-12-22)24(15-20-10-13-23(33-2)16-25(20)28)26(30)29-21(17-34-27(29)31)14-18-6-4-3-5-7-18/h3-13,16,21,24H,14-15,17H2,1-2H3/t21-,24-/m0/s1. The number of nitrogens with zero attached hydrogens (tertiary/aromatic N) is 1. The van der Waals surface area contributed by atoms with Crippen LogP contribution >= 0.6 is 15.9 Å². The van der Waals surface area contributed by atoms with Crippen molar-refractivity contribution < 1.29 is 23.8 Å². The van der Waals surface area contributed by atoms with E-state index in [0.29, 0.717) is 24.3 Å². The van der Waals surface area contributed by atoms with Crippen LogP contribution in [0.2, 0.25) is 0 Å². The van der Waals surface area contributed by atoms with Gasteiger partial charge in [0.1, 0.15) is 18.1 Å². The van der Waals surface area contributed by atoms with Gasteiger partial charge in [-0.3, -0.25) is 4.79 Å². The van der Waals surface area contributed by atoms with E-state index in [0.717, 1.165) is 21.2 Å². The first-order valence-corrected chi connectivity index (χ1v) is 11.8. The molecule has 0 spiro atoms. The molecule has 176 valence electrons. The lowest BCUT2D eigenvalue weighted by Crippen LogP contribution is -2.43. The molecule has 4 rings (SSSR count). The van der Waals surface area contributed by atoms with Crippen LogP contribution in [0.25, 0.3) is 0 Å². The Kier molecular flexibility index (Phi) is 7.53. The molecule has 34 heavy (non-hydrogen) atoms. The molecule has 6 nitrogen and oxygen atoms in total. The molecule has 3 aromatic rings. The Balaban J connectivity index is 1.66. The Morgan fingerprint density at radius 1 is 1.03 bits per heavy atom. The Morgan fingerprint density at radius 3 is 2.35 bits per heavy atom. The van der Waals surface area contributed by atoms with E-state index >= 15 is 0 Å². The van der Waals surface area contributed by atoms with E-state index in [1.54, 1.807) is 14.2 Å². The fraction of sp³-hybridized carbons (Fsp3) is 0.259. The first-order chi connectivity index (χ1) is 16.5. The number of carbonyl (C=O) groups is 2. The summed E-state index contributed by atoms with van der Waals surface area (Å²) in [7, 11) is 3.21. The maximum absolute atomic E-state index is 13.9. The normalized spacial score (nSPS) is 16.1. The molecule has 0 radical (unpaired) electrons. The van der Waals surface area contributed by atoms with Crippen molar-refractivity contribution in [1.29, 1.82) is 0 Å². The first kappa shape index (κ1) is 23.8. The summed E-state index contributed by atoms with van der Waals surface area (Å²) in [6.45, 7) is 0.182. The van der Waals surface area contributed by atoms with Gasteiger partial charge >= 0.3 is 6.09 Å². The third-order valence-electron chi connectivity index (χ3n) is 6.01. The zero-order chi connectivity index (χ0) is 24.1. The van der Waals surface area contributed by atoms with Gasteiger partial charge in [0.05, 0.1) is 26.2 Å². The number of amides is 2. The van der Waals surface area contributed by atoms with Crippen LogP contribution in [0.1, 0.15) is 22.6 Å². The van der Waals surface area contributed by atoms with Crippen molar-refractivity contribution in [1.82, 2.24) is 4.90 Å². The Morgan fingerprint density at radius 2 is 1.71 bits per heavy atom. The third-order valence-corrected chi connectivity index (χ3v) is 6.75. The second-order valence-electron chi connectivity index (χ2n) is 8.12. The second kappa shape index (κ2) is 10.7. The molecule has 2 atom stereocenters. The highest BCUT2D eigenvalue weighted by atomic mass is 79.9. The van der Waals surface area contributed by atoms with Crippen molar-refractivity contribution in [3.63, 3.8) is 0 Å². The first-order valence-electron chi connectivity index (χ1n) is 11.0. The van der Waals surface area contributed by atoms with Crippen LogP contribution in [0.4, 0.5) is 4.79 Å². The number of ether oxygens (including phenoxy) is 3. The maximum Gasteiger partial charge on any atom is 0.417 e. The predicted octanol–water partition coefficient (Wildman–Crippen LogP) is 5.38. The van der Waals surface area contributed by atoms with Gasteiger partial charge in [-0.2, -0.15) is 0 Å². The molecule has 0 aromatic heterocycles. The summed E-state index contributed by atoms with van der Waals surface area (Å²) in [5.41, 5.74) is 2.77. The minimum Gasteiger partial charge on any atom is -0.497 e. The molecule has 2 amide bonds. The highest BCUT2D eigenvalue weighted by Crippen LogP contribution is 2.32. The number of carbonyl (C=O) groups excluding carboxylic acids is 2. The van der Waals surface area contributed by atoms with Gasteiger partial charge < -0.3 is 14.2 Å². The fourth-order valence-electron chi connectivity index (χ4n) is 4.16. The van der Waals surface area contributed by atoms with Gasteiger partial charge in [-0.15, -0.1) is 0 Å². The molecule has 0 saturated carbocycles. The van der Waals surface area contributed by atoms with Crippen LogP contribution in [-0.2, 0) is 22.4 Å². The van der Waals surface area contributed by atoms with Crippen molar-refractivity contribution in [2.45, 2.75) is 24.8 Å². The van der Waals surface area contributed by atoms with Crippen molar-refractivity contribution >= 4 is 27.9 Å². The lowest BCUT2D eigenvalue weighted by molar-refractivity contribution is -0.130. The largest absolute Gasteiger partial charge is 0.497 e. The van der Waals surface area contributed by atoms with Crippen molar-refractivity contribution in [2.24, 2.45) is 0 Å². The highest BCUT2D eigenvalue weighted by Gasteiger charge is 2.41. The molecule has 1 aliphatic heterocycles. The molecular formula is C27H26BrNO5. The second-order valence-corrected chi connectivity index (χ2v) is 8.97. The molecule has 0 N–H and O–H groups in total.